The van der Waals surface area contributed by atoms with E-state index < -0.39 is 0 Å². The highest BCUT2D eigenvalue weighted by Gasteiger charge is 2.24. The normalized spacial score (nSPS) is 15.2. The van der Waals surface area contributed by atoms with E-state index in [4.69, 9.17) is 5.10 Å². The Bertz CT molecular complexity index is 944. The van der Waals surface area contributed by atoms with E-state index in [9.17, 15) is 4.79 Å². The number of rotatable bonds is 7. The molecule has 0 saturated carbocycles. The van der Waals surface area contributed by atoms with Gasteiger partial charge >= 0.3 is 0 Å². The lowest BCUT2D eigenvalue weighted by atomic mass is 10.0. The molecule has 1 aliphatic heterocycles. The van der Waals surface area contributed by atoms with Gasteiger partial charge in [-0.05, 0) is 37.9 Å². The number of aromatic nitrogens is 2. The lowest BCUT2D eigenvalue weighted by Gasteiger charge is -2.32. The smallest absolute Gasteiger partial charge is 0.255 e. The first-order valence-corrected chi connectivity index (χ1v) is 11.0. The number of piperidine rings is 1. The highest BCUT2D eigenvalue weighted by molar-refractivity contribution is 6.00. The van der Waals surface area contributed by atoms with Gasteiger partial charge in [-0.15, -0.1) is 0 Å². The van der Waals surface area contributed by atoms with Crippen molar-refractivity contribution in [1.82, 2.24) is 20.0 Å². The minimum Gasteiger partial charge on any atom is -0.349 e. The molecule has 30 heavy (non-hydrogen) atoms. The molecule has 156 valence electrons. The molecule has 4 rings (SSSR count). The Kier molecular flexibility index (Phi) is 6.60. The third kappa shape index (κ3) is 4.79. The maximum absolute atomic E-state index is 13.2. The molecule has 1 saturated heterocycles. The Balaban J connectivity index is 1.52. The number of carbonyl (C=O) groups is 1. The van der Waals surface area contributed by atoms with Gasteiger partial charge in [-0.25, -0.2) is 4.68 Å². The molecule has 0 bridgehead atoms. The first-order chi connectivity index (χ1) is 14.7. The molecular weight excluding hydrogens is 372 g/mol. The summed E-state index contributed by atoms with van der Waals surface area (Å²) in [5, 5.41) is 8.03. The Morgan fingerprint density at radius 3 is 2.37 bits per heavy atom. The largest absolute Gasteiger partial charge is 0.349 e. The highest BCUT2D eigenvalue weighted by Crippen LogP contribution is 2.24. The van der Waals surface area contributed by atoms with Crippen molar-refractivity contribution in [3.63, 3.8) is 0 Å². The Morgan fingerprint density at radius 1 is 1.03 bits per heavy atom. The van der Waals surface area contributed by atoms with Crippen LogP contribution in [0.4, 0.5) is 0 Å². The van der Waals surface area contributed by atoms with Crippen molar-refractivity contribution < 1.29 is 4.79 Å². The molecular formula is C25H30N4O. The van der Waals surface area contributed by atoms with Crippen LogP contribution in [0.2, 0.25) is 0 Å². The van der Waals surface area contributed by atoms with Crippen molar-refractivity contribution >= 4 is 5.91 Å². The molecule has 1 N–H and O–H groups in total. The predicted molar refractivity (Wildman–Crippen MR) is 121 cm³/mol. The molecule has 0 atom stereocenters. The average Bonchev–Trinajstić information content (AvgIpc) is 3.26. The van der Waals surface area contributed by atoms with Gasteiger partial charge in [0.25, 0.3) is 5.91 Å². The van der Waals surface area contributed by atoms with E-state index in [0.717, 1.165) is 42.9 Å². The van der Waals surface area contributed by atoms with E-state index >= 15 is 0 Å². The summed E-state index contributed by atoms with van der Waals surface area (Å²) in [7, 11) is 0. The van der Waals surface area contributed by atoms with Crippen LogP contribution in [-0.4, -0.2) is 46.3 Å². The summed E-state index contributed by atoms with van der Waals surface area (Å²) < 4.78 is 1.80. The second kappa shape index (κ2) is 9.72. The van der Waals surface area contributed by atoms with Crippen molar-refractivity contribution in [2.45, 2.75) is 38.6 Å². The summed E-state index contributed by atoms with van der Waals surface area (Å²) in [5.41, 5.74) is 3.24. The van der Waals surface area contributed by atoms with Gasteiger partial charge in [0.15, 0.2) is 0 Å². The van der Waals surface area contributed by atoms with E-state index in [1.165, 1.54) is 19.4 Å². The molecule has 5 heteroatoms. The number of amides is 1. The lowest BCUT2D eigenvalue weighted by molar-refractivity contribution is 0.0911. The molecule has 1 aliphatic rings. The molecule has 0 radical (unpaired) electrons. The molecule has 0 unspecified atom stereocenters. The van der Waals surface area contributed by atoms with Crippen LogP contribution in [0, 0.1) is 0 Å². The topological polar surface area (TPSA) is 50.2 Å². The first kappa shape index (κ1) is 20.4. The zero-order valence-corrected chi connectivity index (χ0v) is 17.6. The molecule has 1 amide bonds. The van der Waals surface area contributed by atoms with Gasteiger partial charge in [0.2, 0.25) is 0 Å². The number of benzene rings is 2. The number of para-hydroxylation sites is 1. The first-order valence-electron chi connectivity index (χ1n) is 11.0. The Labute approximate surface area is 178 Å². The number of hydrogen-bond acceptors (Lipinski definition) is 3. The standard InChI is InChI=1S/C25H30N4O/c1-2-3-16-28-17-14-21(15-18-28)26-25(30)23-19-29(22-12-8-5-9-13-22)27-24(23)20-10-6-4-7-11-20/h4-13,19,21H,2-3,14-18H2,1H3,(H,26,30). The van der Waals surface area contributed by atoms with Crippen LogP contribution in [-0.2, 0) is 0 Å². The quantitative estimate of drug-likeness (QED) is 0.631. The molecule has 3 aromatic rings. The van der Waals surface area contributed by atoms with Crippen LogP contribution >= 0.6 is 0 Å². The fourth-order valence-corrected chi connectivity index (χ4v) is 4.01. The van der Waals surface area contributed by atoms with Crippen molar-refractivity contribution in [2.24, 2.45) is 0 Å². The summed E-state index contributed by atoms with van der Waals surface area (Å²) in [5.74, 6) is -0.0388. The van der Waals surface area contributed by atoms with Gasteiger partial charge in [-0.3, -0.25) is 4.79 Å². The van der Waals surface area contributed by atoms with Gasteiger partial charge in [0, 0.05) is 30.9 Å². The maximum atomic E-state index is 13.2. The van der Waals surface area contributed by atoms with Gasteiger partial charge in [-0.1, -0.05) is 61.9 Å². The second-order valence-corrected chi connectivity index (χ2v) is 7.98. The van der Waals surface area contributed by atoms with Crippen molar-refractivity contribution in [3.8, 4) is 16.9 Å². The fraction of sp³-hybridized carbons (Fsp3) is 0.360. The fourth-order valence-electron chi connectivity index (χ4n) is 4.01. The van der Waals surface area contributed by atoms with Crippen LogP contribution < -0.4 is 5.32 Å². The number of hydrogen-bond donors (Lipinski definition) is 1. The molecule has 2 heterocycles. The van der Waals surface area contributed by atoms with Crippen molar-refractivity contribution in [3.05, 3.63) is 72.4 Å². The van der Waals surface area contributed by atoms with E-state index in [2.05, 4.69) is 17.1 Å². The molecule has 1 fully saturated rings. The zero-order chi connectivity index (χ0) is 20.8. The van der Waals surface area contributed by atoms with Gasteiger partial charge in [0.1, 0.15) is 5.69 Å². The Hall–Kier alpha value is -2.92. The highest BCUT2D eigenvalue weighted by atomic mass is 16.1. The minimum absolute atomic E-state index is 0.0388. The number of likely N-dealkylation sites (tertiary alicyclic amines) is 1. The van der Waals surface area contributed by atoms with Crippen LogP contribution in [0.1, 0.15) is 43.0 Å². The summed E-state index contributed by atoms with van der Waals surface area (Å²) in [6.45, 7) is 5.51. The van der Waals surface area contributed by atoms with Gasteiger partial charge in [-0.2, -0.15) is 5.10 Å². The predicted octanol–water partition coefficient (Wildman–Crippen LogP) is 4.53. The monoisotopic (exact) mass is 402 g/mol. The lowest BCUT2D eigenvalue weighted by Crippen LogP contribution is -2.44. The van der Waals surface area contributed by atoms with Crippen LogP contribution in [0.5, 0.6) is 0 Å². The summed E-state index contributed by atoms with van der Waals surface area (Å²) in [4.78, 5) is 15.7. The molecule has 1 aromatic heterocycles. The maximum Gasteiger partial charge on any atom is 0.255 e. The van der Waals surface area contributed by atoms with Crippen molar-refractivity contribution in [2.75, 3.05) is 19.6 Å². The number of nitrogens with one attached hydrogen (secondary N) is 1. The van der Waals surface area contributed by atoms with E-state index in [1.807, 2.05) is 66.9 Å². The van der Waals surface area contributed by atoms with Gasteiger partial charge in [0.05, 0.1) is 11.3 Å². The summed E-state index contributed by atoms with van der Waals surface area (Å²) in [6, 6.07) is 20.1. The third-order valence-corrected chi connectivity index (χ3v) is 5.78. The zero-order valence-electron chi connectivity index (χ0n) is 17.6. The second-order valence-electron chi connectivity index (χ2n) is 7.98. The van der Waals surface area contributed by atoms with E-state index in [0.29, 0.717) is 5.56 Å². The van der Waals surface area contributed by atoms with Crippen LogP contribution in [0.15, 0.2) is 66.9 Å². The number of unbranched alkanes of at least 4 members (excludes halogenated alkanes) is 1. The average molecular weight is 403 g/mol. The van der Waals surface area contributed by atoms with Crippen LogP contribution in [0.3, 0.4) is 0 Å². The van der Waals surface area contributed by atoms with E-state index in [1.54, 1.807) is 4.68 Å². The summed E-state index contributed by atoms with van der Waals surface area (Å²) >= 11 is 0. The summed E-state index contributed by atoms with van der Waals surface area (Å²) in [6.07, 6.45) is 6.33. The van der Waals surface area contributed by atoms with Crippen LogP contribution in [0.25, 0.3) is 16.9 Å². The molecule has 0 spiro atoms. The Morgan fingerprint density at radius 2 is 1.70 bits per heavy atom. The van der Waals surface area contributed by atoms with Crippen molar-refractivity contribution in [1.29, 1.82) is 0 Å². The SMILES string of the molecule is CCCCN1CCC(NC(=O)c2cn(-c3ccccc3)nc2-c2ccccc2)CC1. The minimum atomic E-state index is -0.0388. The molecule has 0 aliphatic carbocycles. The third-order valence-electron chi connectivity index (χ3n) is 5.78. The number of nitrogens with zero attached hydrogens (tertiary/aromatic N) is 3. The molecule has 5 nitrogen and oxygen atoms in total. The number of carbonyl (C=O) groups excluding carboxylic acids is 1. The van der Waals surface area contributed by atoms with E-state index in [-0.39, 0.29) is 11.9 Å². The van der Waals surface area contributed by atoms with Gasteiger partial charge < -0.3 is 10.2 Å². The molecule has 2 aromatic carbocycles.